The SMILES string of the molecule is Cl.c1cc(O[C@@H]2CCCNC2)ccn1. The van der Waals surface area contributed by atoms with Gasteiger partial charge in [-0.15, -0.1) is 12.4 Å². The smallest absolute Gasteiger partial charge is 0.122 e. The number of halogens is 1. The molecule has 78 valence electrons. The normalized spacial score (nSPS) is 21.0. The quantitative estimate of drug-likeness (QED) is 0.813. The summed E-state index contributed by atoms with van der Waals surface area (Å²) in [6.07, 6.45) is 6.19. The molecule has 1 aliphatic heterocycles. The molecule has 2 rings (SSSR count). The average Bonchev–Trinajstić information content (AvgIpc) is 2.21. The van der Waals surface area contributed by atoms with E-state index in [4.69, 9.17) is 4.74 Å². The van der Waals surface area contributed by atoms with Gasteiger partial charge < -0.3 is 10.1 Å². The van der Waals surface area contributed by atoms with Gasteiger partial charge in [0, 0.05) is 18.9 Å². The van der Waals surface area contributed by atoms with E-state index in [1.807, 2.05) is 12.1 Å². The van der Waals surface area contributed by atoms with E-state index in [1.54, 1.807) is 12.4 Å². The second kappa shape index (κ2) is 5.83. The standard InChI is InChI=1S/C10H14N2O.ClH/c1-2-10(8-12-5-1)13-9-3-6-11-7-4-9;/h3-4,6-7,10,12H,1-2,5,8H2;1H/t10-;/m1./s1. The number of piperidine rings is 1. The lowest BCUT2D eigenvalue weighted by molar-refractivity contribution is 0.167. The maximum absolute atomic E-state index is 5.75. The van der Waals surface area contributed by atoms with Gasteiger partial charge in [-0.3, -0.25) is 4.98 Å². The maximum Gasteiger partial charge on any atom is 0.122 e. The van der Waals surface area contributed by atoms with E-state index in [-0.39, 0.29) is 12.4 Å². The minimum Gasteiger partial charge on any atom is -0.489 e. The van der Waals surface area contributed by atoms with Gasteiger partial charge in [-0.2, -0.15) is 0 Å². The van der Waals surface area contributed by atoms with E-state index in [0.29, 0.717) is 6.10 Å². The first-order valence-electron chi connectivity index (χ1n) is 4.72. The third-order valence-electron chi connectivity index (χ3n) is 2.20. The van der Waals surface area contributed by atoms with Gasteiger partial charge in [0.25, 0.3) is 0 Å². The van der Waals surface area contributed by atoms with Gasteiger partial charge in [0.1, 0.15) is 11.9 Å². The van der Waals surface area contributed by atoms with Crippen LogP contribution in [-0.2, 0) is 0 Å². The van der Waals surface area contributed by atoms with Crippen molar-refractivity contribution >= 4 is 12.4 Å². The van der Waals surface area contributed by atoms with E-state index in [0.717, 1.165) is 25.3 Å². The summed E-state index contributed by atoms with van der Waals surface area (Å²) in [5, 5.41) is 3.31. The van der Waals surface area contributed by atoms with Crippen LogP contribution in [0.5, 0.6) is 5.75 Å². The van der Waals surface area contributed by atoms with Crippen LogP contribution in [0.1, 0.15) is 12.8 Å². The molecule has 1 fully saturated rings. The van der Waals surface area contributed by atoms with Gasteiger partial charge in [-0.25, -0.2) is 0 Å². The van der Waals surface area contributed by atoms with E-state index in [2.05, 4.69) is 10.3 Å². The van der Waals surface area contributed by atoms with Crippen LogP contribution in [0.3, 0.4) is 0 Å². The molecule has 1 N–H and O–H groups in total. The summed E-state index contributed by atoms with van der Waals surface area (Å²) < 4.78 is 5.75. The number of nitrogens with one attached hydrogen (secondary N) is 1. The summed E-state index contributed by atoms with van der Waals surface area (Å²) in [6, 6.07) is 3.79. The summed E-state index contributed by atoms with van der Waals surface area (Å²) in [6.45, 7) is 2.08. The topological polar surface area (TPSA) is 34.1 Å². The molecule has 0 unspecified atom stereocenters. The molecule has 1 aliphatic rings. The van der Waals surface area contributed by atoms with Crippen molar-refractivity contribution < 1.29 is 4.74 Å². The zero-order chi connectivity index (χ0) is 8.93. The van der Waals surface area contributed by atoms with Gasteiger partial charge in [-0.1, -0.05) is 0 Å². The Hall–Kier alpha value is -0.800. The van der Waals surface area contributed by atoms with Crippen molar-refractivity contribution in [1.82, 2.24) is 10.3 Å². The highest BCUT2D eigenvalue weighted by Gasteiger charge is 2.13. The lowest BCUT2D eigenvalue weighted by Crippen LogP contribution is -2.37. The molecule has 0 saturated carbocycles. The molecule has 3 nitrogen and oxygen atoms in total. The molecule has 0 spiro atoms. The summed E-state index contributed by atoms with van der Waals surface area (Å²) in [5.74, 6) is 0.920. The van der Waals surface area contributed by atoms with Crippen LogP contribution in [0.2, 0.25) is 0 Å². The highest BCUT2D eigenvalue weighted by atomic mass is 35.5. The van der Waals surface area contributed by atoms with E-state index in [1.165, 1.54) is 6.42 Å². The molecular formula is C10H15ClN2O. The molecule has 4 heteroatoms. The molecule has 0 radical (unpaired) electrons. The van der Waals surface area contributed by atoms with E-state index >= 15 is 0 Å². The Bertz CT molecular complexity index is 250. The maximum atomic E-state index is 5.75. The molecule has 1 saturated heterocycles. The summed E-state index contributed by atoms with van der Waals surface area (Å²) >= 11 is 0. The van der Waals surface area contributed by atoms with Crippen molar-refractivity contribution in [2.45, 2.75) is 18.9 Å². The van der Waals surface area contributed by atoms with Gasteiger partial charge >= 0.3 is 0 Å². The Labute approximate surface area is 90.3 Å². The fourth-order valence-corrected chi connectivity index (χ4v) is 1.53. The molecule has 0 amide bonds. The number of hydrogen-bond acceptors (Lipinski definition) is 3. The minimum atomic E-state index is 0. The Kier molecular flexibility index (Phi) is 4.70. The Morgan fingerprint density at radius 3 is 2.79 bits per heavy atom. The summed E-state index contributed by atoms with van der Waals surface area (Å²) in [7, 11) is 0. The molecule has 0 aliphatic carbocycles. The molecule has 2 heterocycles. The highest BCUT2D eigenvalue weighted by molar-refractivity contribution is 5.85. The highest BCUT2D eigenvalue weighted by Crippen LogP contribution is 2.13. The van der Waals surface area contributed by atoms with Crippen molar-refractivity contribution in [2.24, 2.45) is 0 Å². The number of nitrogens with zero attached hydrogens (tertiary/aromatic N) is 1. The lowest BCUT2D eigenvalue weighted by Gasteiger charge is -2.23. The fourth-order valence-electron chi connectivity index (χ4n) is 1.53. The molecule has 1 aromatic rings. The first kappa shape index (κ1) is 11.3. The Morgan fingerprint density at radius 2 is 2.14 bits per heavy atom. The predicted molar refractivity (Wildman–Crippen MR) is 58.0 cm³/mol. The first-order chi connectivity index (χ1) is 6.45. The number of hydrogen-bond donors (Lipinski definition) is 1. The summed E-state index contributed by atoms with van der Waals surface area (Å²) in [4.78, 5) is 3.94. The van der Waals surface area contributed by atoms with Crippen LogP contribution < -0.4 is 10.1 Å². The largest absolute Gasteiger partial charge is 0.489 e. The predicted octanol–water partition coefficient (Wildman–Crippen LogP) is 1.63. The van der Waals surface area contributed by atoms with Crippen LogP contribution in [0, 0.1) is 0 Å². The zero-order valence-electron chi connectivity index (χ0n) is 7.98. The van der Waals surface area contributed by atoms with E-state index < -0.39 is 0 Å². The number of ether oxygens (including phenoxy) is 1. The van der Waals surface area contributed by atoms with Crippen molar-refractivity contribution in [3.05, 3.63) is 24.5 Å². The molecule has 1 atom stereocenters. The average molecular weight is 215 g/mol. The number of rotatable bonds is 2. The van der Waals surface area contributed by atoms with Crippen LogP contribution in [0.4, 0.5) is 0 Å². The third-order valence-corrected chi connectivity index (χ3v) is 2.20. The third kappa shape index (κ3) is 3.16. The molecule has 0 bridgehead atoms. The zero-order valence-corrected chi connectivity index (χ0v) is 8.80. The second-order valence-corrected chi connectivity index (χ2v) is 3.27. The molecule has 1 aromatic heterocycles. The van der Waals surface area contributed by atoms with E-state index in [9.17, 15) is 0 Å². The van der Waals surface area contributed by atoms with Gasteiger partial charge in [0.05, 0.1) is 0 Å². The van der Waals surface area contributed by atoms with Gasteiger partial charge in [0.15, 0.2) is 0 Å². The lowest BCUT2D eigenvalue weighted by atomic mass is 10.1. The Balaban J connectivity index is 0.000000980. The van der Waals surface area contributed by atoms with Crippen LogP contribution in [-0.4, -0.2) is 24.2 Å². The van der Waals surface area contributed by atoms with Gasteiger partial charge in [-0.05, 0) is 31.5 Å². The fraction of sp³-hybridized carbons (Fsp3) is 0.500. The van der Waals surface area contributed by atoms with Crippen LogP contribution in [0.15, 0.2) is 24.5 Å². The Morgan fingerprint density at radius 1 is 1.36 bits per heavy atom. The van der Waals surface area contributed by atoms with Crippen molar-refractivity contribution in [3.8, 4) is 5.75 Å². The van der Waals surface area contributed by atoms with Crippen molar-refractivity contribution in [3.63, 3.8) is 0 Å². The van der Waals surface area contributed by atoms with Crippen molar-refractivity contribution in [2.75, 3.05) is 13.1 Å². The minimum absolute atomic E-state index is 0. The molecule has 0 aromatic carbocycles. The monoisotopic (exact) mass is 214 g/mol. The molecular weight excluding hydrogens is 200 g/mol. The van der Waals surface area contributed by atoms with Crippen molar-refractivity contribution in [1.29, 1.82) is 0 Å². The first-order valence-corrected chi connectivity index (χ1v) is 4.72. The van der Waals surface area contributed by atoms with Crippen LogP contribution >= 0.6 is 12.4 Å². The van der Waals surface area contributed by atoms with Gasteiger partial charge in [0.2, 0.25) is 0 Å². The number of pyridine rings is 1. The number of aromatic nitrogens is 1. The van der Waals surface area contributed by atoms with Crippen LogP contribution in [0.25, 0.3) is 0 Å². The summed E-state index contributed by atoms with van der Waals surface area (Å²) in [5.41, 5.74) is 0. The molecule has 14 heavy (non-hydrogen) atoms. The second-order valence-electron chi connectivity index (χ2n) is 3.27.